The van der Waals surface area contributed by atoms with E-state index in [1.807, 2.05) is 0 Å². The summed E-state index contributed by atoms with van der Waals surface area (Å²) in [4.78, 5) is 35.5. The number of carboxylic acids is 1. The van der Waals surface area contributed by atoms with Crippen molar-refractivity contribution in [2.24, 2.45) is 5.92 Å². The summed E-state index contributed by atoms with van der Waals surface area (Å²) >= 11 is 0. The van der Waals surface area contributed by atoms with Crippen LogP contribution in [0, 0.1) is 5.92 Å². The molecule has 0 spiro atoms. The molecule has 9 heteroatoms. The SMILES string of the molecule is O=C(O)CNC(=O)/C(C(=O)NCCC1CC1)=C(\O)Nc1ccc(-c2ccco2)cc1. The van der Waals surface area contributed by atoms with Crippen LogP contribution < -0.4 is 16.0 Å². The molecule has 0 saturated heterocycles. The highest BCUT2D eigenvalue weighted by molar-refractivity contribution is 6.19. The molecule has 3 rings (SSSR count). The van der Waals surface area contributed by atoms with Gasteiger partial charge in [-0.3, -0.25) is 14.4 Å². The number of rotatable bonds is 10. The quantitative estimate of drug-likeness (QED) is 0.174. The molecule has 2 amide bonds. The normalized spacial score (nSPS) is 13.9. The van der Waals surface area contributed by atoms with E-state index < -0.39 is 35.8 Å². The molecular weight excluding hydrogens is 390 g/mol. The molecule has 0 unspecified atom stereocenters. The molecular formula is C21H23N3O6. The minimum atomic E-state index is -1.27. The average Bonchev–Trinajstić information content (AvgIpc) is 3.37. The highest BCUT2D eigenvalue weighted by Gasteiger charge is 2.26. The third-order valence-electron chi connectivity index (χ3n) is 4.58. The molecule has 0 radical (unpaired) electrons. The number of hydrogen-bond donors (Lipinski definition) is 5. The standard InChI is InChI=1S/C21H23N3O6/c25-17(26)12-23-20(28)18(19(27)22-10-9-13-3-4-13)21(29)24-15-7-5-14(6-8-15)16-2-1-11-30-16/h1-2,5-8,11,13,24,29H,3-4,9-10,12H2,(H,22,27)(H,23,28)(H,25,26)/b21-18-. The van der Waals surface area contributed by atoms with E-state index in [4.69, 9.17) is 9.52 Å². The first-order valence-electron chi connectivity index (χ1n) is 9.56. The van der Waals surface area contributed by atoms with E-state index in [1.54, 1.807) is 42.7 Å². The molecule has 1 aliphatic rings. The molecule has 1 fully saturated rings. The van der Waals surface area contributed by atoms with Crippen molar-refractivity contribution in [1.29, 1.82) is 0 Å². The van der Waals surface area contributed by atoms with Crippen LogP contribution >= 0.6 is 0 Å². The second kappa shape index (κ2) is 9.64. The van der Waals surface area contributed by atoms with Crippen molar-refractivity contribution in [3.8, 4) is 11.3 Å². The predicted molar refractivity (Wildman–Crippen MR) is 108 cm³/mol. The number of benzene rings is 1. The first-order valence-corrected chi connectivity index (χ1v) is 9.56. The van der Waals surface area contributed by atoms with Crippen molar-refractivity contribution in [2.75, 3.05) is 18.4 Å². The Kier molecular flexibility index (Phi) is 6.74. The van der Waals surface area contributed by atoms with E-state index in [-0.39, 0.29) is 0 Å². The lowest BCUT2D eigenvalue weighted by Crippen LogP contribution is -2.39. The number of anilines is 1. The molecule has 1 aromatic carbocycles. The van der Waals surface area contributed by atoms with E-state index in [2.05, 4.69) is 16.0 Å². The number of aliphatic hydroxyl groups is 1. The fourth-order valence-electron chi connectivity index (χ4n) is 2.81. The highest BCUT2D eigenvalue weighted by Crippen LogP contribution is 2.31. The topological polar surface area (TPSA) is 141 Å². The van der Waals surface area contributed by atoms with Gasteiger partial charge in [-0.1, -0.05) is 12.8 Å². The first kappa shape index (κ1) is 21.0. The summed E-state index contributed by atoms with van der Waals surface area (Å²) in [6.07, 6.45) is 4.59. The number of aliphatic hydroxyl groups excluding tert-OH is 1. The van der Waals surface area contributed by atoms with Gasteiger partial charge in [-0.2, -0.15) is 0 Å². The molecule has 1 aliphatic carbocycles. The fraction of sp³-hybridized carbons (Fsp3) is 0.286. The number of carbonyl (C=O) groups is 3. The summed E-state index contributed by atoms with van der Waals surface area (Å²) in [6.45, 7) is -0.312. The van der Waals surface area contributed by atoms with Gasteiger partial charge < -0.3 is 30.6 Å². The van der Waals surface area contributed by atoms with Gasteiger partial charge in [0.05, 0.1) is 6.26 Å². The van der Waals surface area contributed by atoms with E-state index in [1.165, 1.54) is 0 Å². The smallest absolute Gasteiger partial charge is 0.322 e. The summed E-state index contributed by atoms with van der Waals surface area (Å²) < 4.78 is 5.31. The summed E-state index contributed by atoms with van der Waals surface area (Å²) in [5, 5.41) is 26.5. The number of furan rings is 1. The minimum absolute atomic E-state index is 0.365. The zero-order chi connectivity index (χ0) is 21.5. The number of amides is 2. The van der Waals surface area contributed by atoms with Crippen LogP contribution in [-0.4, -0.2) is 41.1 Å². The van der Waals surface area contributed by atoms with Crippen LogP contribution in [0.2, 0.25) is 0 Å². The van der Waals surface area contributed by atoms with Crippen LogP contribution in [0.3, 0.4) is 0 Å². The molecule has 5 N–H and O–H groups in total. The Morgan fingerprint density at radius 3 is 2.30 bits per heavy atom. The molecule has 0 aliphatic heterocycles. The summed E-state index contributed by atoms with van der Waals surface area (Å²) in [6, 6.07) is 10.3. The number of carbonyl (C=O) groups excluding carboxylic acids is 2. The van der Waals surface area contributed by atoms with Crippen molar-refractivity contribution in [2.45, 2.75) is 19.3 Å². The summed E-state index contributed by atoms with van der Waals surface area (Å²) in [5.41, 5.74) is 0.658. The van der Waals surface area contributed by atoms with Gasteiger partial charge in [0.1, 0.15) is 12.3 Å². The second-order valence-corrected chi connectivity index (χ2v) is 6.97. The maximum Gasteiger partial charge on any atom is 0.322 e. The van der Waals surface area contributed by atoms with Gasteiger partial charge >= 0.3 is 5.97 Å². The van der Waals surface area contributed by atoms with E-state index in [9.17, 15) is 19.5 Å². The van der Waals surface area contributed by atoms with Crippen molar-refractivity contribution in [3.05, 3.63) is 54.1 Å². The van der Waals surface area contributed by atoms with Crippen LogP contribution in [0.25, 0.3) is 11.3 Å². The highest BCUT2D eigenvalue weighted by atomic mass is 16.4. The fourth-order valence-corrected chi connectivity index (χ4v) is 2.81. The molecule has 1 aromatic heterocycles. The van der Waals surface area contributed by atoms with Crippen LogP contribution in [0.15, 0.2) is 58.5 Å². The zero-order valence-electron chi connectivity index (χ0n) is 16.2. The van der Waals surface area contributed by atoms with E-state index >= 15 is 0 Å². The Hall–Kier alpha value is -3.75. The molecule has 30 heavy (non-hydrogen) atoms. The first-order chi connectivity index (χ1) is 14.4. The Morgan fingerprint density at radius 1 is 1.00 bits per heavy atom. The monoisotopic (exact) mass is 413 g/mol. The van der Waals surface area contributed by atoms with E-state index in [0.717, 1.165) is 24.8 Å². The molecule has 1 heterocycles. The van der Waals surface area contributed by atoms with Crippen LogP contribution in [0.1, 0.15) is 19.3 Å². The lowest BCUT2D eigenvalue weighted by atomic mass is 10.1. The Labute approximate surface area is 172 Å². The molecule has 2 aromatic rings. The van der Waals surface area contributed by atoms with Crippen molar-refractivity contribution >= 4 is 23.5 Å². The maximum atomic E-state index is 12.5. The summed E-state index contributed by atoms with van der Waals surface area (Å²) in [5.74, 6) is -2.46. The third-order valence-corrected chi connectivity index (χ3v) is 4.58. The predicted octanol–water partition coefficient (Wildman–Crippen LogP) is 2.25. The van der Waals surface area contributed by atoms with Gasteiger partial charge in [-0.05, 0) is 48.7 Å². The lowest BCUT2D eigenvalue weighted by molar-refractivity contribution is -0.137. The van der Waals surface area contributed by atoms with E-state index in [0.29, 0.717) is 23.9 Å². The molecule has 158 valence electrons. The van der Waals surface area contributed by atoms with Crippen LogP contribution in [0.4, 0.5) is 5.69 Å². The second-order valence-electron chi connectivity index (χ2n) is 6.97. The number of nitrogens with one attached hydrogen (secondary N) is 3. The number of hydrogen-bond acceptors (Lipinski definition) is 6. The van der Waals surface area contributed by atoms with Crippen molar-refractivity contribution < 1.29 is 29.0 Å². The van der Waals surface area contributed by atoms with Gasteiger partial charge in [-0.25, -0.2) is 0 Å². The largest absolute Gasteiger partial charge is 0.494 e. The Balaban J connectivity index is 1.73. The molecule has 1 saturated carbocycles. The van der Waals surface area contributed by atoms with Gasteiger partial charge in [-0.15, -0.1) is 0 Å². The van der Waals surface area contributed by atoms with Crippen molar-refractivity contribution in [1.82, 2.24) is 10.6 Å². The minimum Gasteiger partial charge on any atom is -0.494 e. The van der Waals surface area contributed by atoms with Gasteiger partial charge in [0.25, 0.3) is 11.8 Å². The number of carboxylic acid groups (broad SMARTS) is 1. The molecule has 9 nitrogen and oxygen atoms in total. The van der Waals surface area contributed by atoms with Gasteiger partial charge in [0.2, 0.25) is 5.88 Å². The third kappa shape index (κ3) is 5.87. The zero-order valence-corrected chi connectivity index (χ0v) is 16.2. The number of aliphatic carboxylic acids is 1. The average molecular weight is 413 g/mol. The lowest BCUT2D eigenvalue weighted by Gasteiger charge is -2.13. The Bertz CT molecular complexity index is 930. The molecule has 0 bridgehead atoms. The maximum absolute atomic E-state index is 12.5. The van der Waals surface area contributed by atoms with Gasteiger partial charge in [0.15, 0.2) is 5.57 Å². The van der Waals surface area contributed by atoms with Crippen LogP contribution in [0.5, 0.6) is 0 Å². The van der Waals surface area contributed by atoms with Crippen LogP contribution in [-0.2, 0) is 14.4 Å². The Morgan fingerprint density at radius 2 is 1.70 bits per heavy atom. The molecule has 0 atom stereocenters. The van der Waals surface area contributed by atoms with Crippen molar-refractivity contribution in [3.63, 3.8) is 0 Å². The van der Waals surface area contributed by atoms with Gasteiger partial charge in [0, 0.05) is 17.8 Å². The summed E-state index contributed by atoms with van der Waals surface area (Å²) in [7, 11) is 0.